The molecule has 0 fully saturated rings. The van der Waals surface area contributed by atoms with Gasteiger partial charge in [0.15, 0.2) is 6.10 Å². The first-order chi connectivity index (χ1) is 12.1. The highest BCUT2D eigenvalue weighted by Gasteiger charge is 2.15. The van der Waals surface area contributed by atoms with E-state index in [0.717, 1.165) is 12.2 Å². The van der Waals surface area contributed by atoms with Crippen molar-refractivity contribution in [2.45, 2.75) is 40.0 Å². The Morgan fingerprint density at radius 3 is 2.64 bits per heavy atom. The fourth-order valence-corrected chi connectivity index (χ4v) is 3.05. The quantitative estimate of drug-likeness (QED) is 0.738. The molecule has 0 radical (unpaired) electrons. The summed E-state index contributed by atoms with van der Waals surface area (Å²) in [5.41, 5.74) is 3.54. The van der Waals surface area contributed by atoms with Crippen molar-refractivity contribution in [3.8, 4) is 5.75 Å². The first kappa shape index (κ1) is 17.1. The first-order valence-corrected chi connectivity index (χ1v) is 8.66. The predicted molar refractivity (Wildman–Crippen MR) is 101 cm³/mol. The molecule has 4 nitrogen and oxygen atoms in total. The number of hydrogen-bond donors (Lipinski definition) is 1. The molecule has 0 aliphatic carbocycles. The number of rotatable bonds is 6. The van der Waals surface area contributed by atoms with Crippen LogP contribution in [0.4, 0.5) is 0 Å². The summed E-state index contributed by atoms with van der Waals surface area (Å²) in [5, 5.41) is 4.19. The predicted octanol–water partition coefficient (Wildman–Crippen LogP) is 4.05. The summed E-state index contributed by atoms with van der Waals surface area (Å²) in [6.45, 7) is 7.33. The van der Waals surface area contributed by atoms with Gasteiger partial charge >= 0.3 is 0 Å². The highest BCUT2D eigenvalue weighted by Crippen LogP contribution is 2.21. The molecular formula is C21H24N2O2. The van der Waals surface area contributed by atoms with E-state index < -0.39 is 6.10 Å². The fourth-order valence-electron chi connectivity index (χ4n) is 3.05. The zero-order valence-corrected chi connectivity index (χ0v) is 15.0. The minimum absolute atomic E-state index is 0.118. The van der Waals surface area contributed by atoms with E-state index in [1.165, 1.54) is 16.5 Å². The lowest BCUT2D eigenvalue weighted by Gasteiger charge is -2.15. The Balaban J connectivity index is 1.68. The van der Waals surface area contributed by atoms with Crippen LogP contribution in [0.25, 0.3) is 10.9 Å². The van der Waals surface area contributed by atoms with Crippen molar-refractivity contribution in [1.29, 1.82) is 0 Å². The standard InChI is InChI=1S/C21H24N2O2/c1-4-23-18(13-17-12-15(2)10-11-20(17)23)14-22-21(24)16(3)25-19-8-6-5-7-9-19/h5-13,16H,4,14H2,1-3H3,(H,22,24). The van der Waals surface area contributed by atoms with Crippen LogP contribution >= 0.6 is 0 Å². The number of carbonyl (C=O) groups is 1. The fraction of sp³-hybridized carbons (Fsp3) is 0.286. The number of carbonyl (C=O) groups excluding carboxylic acids is 1. The zero-order valence-electron chi connectivity index (χ0n) is 15.0. The van der Waals surface area contributed by atoms with Crippen molar-refractivity contribution >= 4 is 16.8 Å². The molecule has 0 bridgehead atoms. The van der Waals surface area contributed by atoms with Crippen LogP contribution in [0.15, 0.2) is 54.6 Å². The van der Waals surface area contributed by atoms with E-state index in [1.54, 1.807) is 6.92 Å². The van der Waals surface area contributed by atoms with E-state index in [0.29, 0.717) is 12.3 Å². The lowest BCUT2D eigenvalue weighted by molar-refractivity contribution is -0.127. The number of hydrogen-bond acceptors (Lipinski definition) is 2. The smallest absolute Gasteiger partial charge is 0.261 e. The van der Waals surface area contributed by atoms with Gasteiger partial charge in [0, 0.05) is 23.1 Å². The number of para-hydroxylation sites is 1. The van der Waals surface area contributed by atoms with Crippen LogP contribution in [0, 0.1) is 6.92 Å². The van der Waals surface area contributed by atoms with Crippen molar-refractivity contribution in [3.05, 3.63) is 65.9 Å². The summed E-state index contributed by atoms with van der Waals surface area (Å²) in [7, 11) is 0. The van der Waals surface area contributed by atoms with E-state index in [2.05, 4.69) is 48.0 Å². The summed E-state index contributed by atoms with van der Waals surface area (Å²) >= 11 is 0. The molecule has 0 aliphatic rings. The van der Waals surface area contributed by atoms with Crippen molar-refractivity contribution in [1.82, 2.24) is 9.88 Å². The third kappa shape index (κ3) is 3.85. The van der Waals surface area contributed by atoms with Crippen molar-refractivity contribution in [3.63, 3.8) is 0 Å². The molecule has 1 unspecified atom stereocenters. The Labute approximate surface area is 148 Å². The van der Waals surface area contributed by atoms with Crippen LogP contribution < -0.4 is 10.1 Å². The van der Waals surface area contributed by atoms with Crippen LogP contribution in [0.2, 0.25) is 0 Å². The molecule has 0 saturated heterocycles. The molecule has 0 saturated carbocycles. The van der Waals surface area contributed by atoms with Gasteiger partial charge in [-0.2, -0.15) is 0 Å². The van der Waals surface area contributed by atoms with Crippen molar-refractivity contribution in [2.24, 2.45) is 0 Å². The second-order valence-electron chi connectivity index (χ2n) is 6.23. The van der Waals surface area contributed by atoms with E-state index in [4.69, 9.17) is 4.74 Å². The van der Waals surface area contributed by atoms with E-state index in [9.17, 15) is 4.79 Å². The van der Waals surface area contributed by atoms with Gasteiger partial charge in [0.25, 0.3) is 5.91 Å². The molecule has 25 heavy (non-hydrogen) atoms. The minimum Gasteiger partial charge on any atom is -0.481 e. The van der Waals surface area contributed by atoms with Crippen LogP contribution in [-0.4, -0.2) is 16.6 Å². The third-order valence-electron chi connectivity index (χ3n) is 4.33. The third-order valence-corrected chi connectivity index (χ3v) is 4.33. The minimum atomic E-state index is -0.538. The van der Waals surface area contributed by atoms with Gasteiger partial charge in [0.1, 0.15) is 5.75 Å². The second-order valence-corrected chi connectivity index (χ2v) is 6.23. The van der Waals surface area contributed by atoms with Crippen LogP contribution in [0.5, 0.6) is 5.75 Å². The van der Waals surface area contributed by atoms with Gasteiger partial charge in [-0.3, -0.25) is 4.79 Å². The number of aromatic nitrogens is 1. The van der Waals surface area contributed by atoms with Crippen LogP contribution in [-0.2, 0) is 17.9 Å². The first-order valence-electron chi connectivity index (χ1n) is 8.66. The maximum absolute atomic E-state index is 12.3. The molecule has 4 heteroatoms. The Kier molecular flexibility index (Phi) is 5.08. The van der Waals surface area contributed by atoms with Crippen LogP contribution in [0.3, 0.4) is 0 Å². The number of aryl methyl sites for hydroxylation is 2. The largest absolute Gasteiger partial charge is 0.481 e. The Hall–Kier alpha value is -2.75. The Morgan fingerprint density at radius 1 is 1.16 bits per heavy atom. The Morgan fingerprint density at radius 2 is 1.92 bits per heavy atom. The summed E-state index contributed by atoms with van der Waals surface area (Å²) in [5.74, 6) is 0.580. The van der Waals surface area contributed by atoms with Crippen molar-refractivity contribution in [2.75, 3.05) is 0 Å². The number of benzene rings is 2. The summed E-state index contributed by atoms with van der Waals surface area (Å²) in [6.07, 6.45) is -0.538. The van der Waals surface area contributed by atoms with E-state index >= 15 is 0 Å². The zero-order chi connectivity index (χ0) is 17.8. The van der Waals surface area contributed by atoms with E-state index in [-0.39, 0.29) is 5.91 Å². The molecule has 0 aliphatic heterocycles. The molecule has 1 heterocycles. The van der Waals surface area contributed by atoms with Crippen molar-refractivity contribution < 1.29 is 9.53 Å². The average Bonchev–Trinajstić information content (AvgIpc) is 2.96. The monoisotopic (exact) mass is 336 g/mol. The maximum Gasteiger partial charge on any atom is 0.261 e. The van der Waals surface area contributed by atoms with Gasteiger partial charge in [-0.25, -0.2) is 0 Å². The Bertz CT molecular complexity index is 868. The number of amides is 1. The lowest BCUT2D eigenvalue weighted by Crippen LogP contribution is -2.36. The molecule has 1 atom stereocenters. The van der Waals surface area contributed by atoms with Gasteiger partial charge in [-0.05, 0) is 51.1 Å². The highest BCUT2D eigenvalue weighted by molar-refractivity contribution is 5.83. The van der Waals surface area contributed by atoms with Gasteiger partial charge in [-0.1, -0.05) is 29.8 Å². The highest BCUT2D eigenvalue weighted by atomic mass is 16.5. The van der Waals surface area contributed by atoms with Gasteiger partial charge < -0.3 is 14.6 Å². The number of ether oxygens (including phenoxy) is 1. The summed E-state index contributed by atoms with van der Waals surface area (Å²) in [4.78, 5) is 12.3. The van der Waals surface area contributed by atoms with Gasteiger partial charge in [0.05, 0.1) is 6.54 Å². The van der Waals surface area contributed by atoms with E-state index in [1.807, 2.05) is 30.3 Å². The number of fused-ring (bicyclic) bond motifs is 1. The number of nitrogens with zero attached hydrogens (tertiary/aromatic N) is 1. The SMILES string of the molecule is CCn1c(CNC(=O)C(C)Oc2ccccc2)cc2cc(C)ccc21. The molecule has 1 amide bonds. The average molecular weight is 336 g/mol. The lowest BCUT2D eigenvalue weighted by atomic mass is 10.2. The molecular weight excluding hydrogens is 312 g/mol. The molecule has 1 aromatic heterocycles. The molecule has 2 aromatic carbocycles. The summed E-state index contributed by atoms with van der Waals surface area (Å²) < 4.78 is 7.91. The maximum atomic E-state index is 12.3. The molecule has 0 spiro atoms. The molecule has 1 N–H and O–H groups in total. The summed E-state index contributed by atoms with van der Waals surface area (Å²) in [6, 6.07) is 18.0. The van der Waals surface area contributed by atoms with Gasteiger partial charge in [-0.15, -0.1) is 0 Å². The van der Waals surface area contributed by atoms with Gasteiger partial charge in [0.2, 0.25) is 0 Å². The number of nitrogens with one attached hydrogen (secondary N) is 1. The van der Waals surface area contributed by atoms with Crippen LogP contribution in [0.1, 0.15) is 25.1 Å². The topological polar surface area (TPSA) is 43.3 Å². The normalized spacial score (nSPS) is 12.1. The molecule has 3 aromatic rings. The molecule has 130 valence electrons. The second kappa shape index (κ2) is 7.43. The molecule has 3 rings (SSSR count).